The molecule has 2 N–H and O–H groups in total. The van der Waals surface area contributed by atoms with Crippen LogP contribution in [0.5, 0.6) is 5.75 Å². The standard InChI is InChI=1S/C72H59N9O3/c1-7-45-20-12-18-28-62(45)79(4)71(82)58-42-47-30-40-56-54-24-14-16-26-60(54)73-67(56)64(47)66(44(58)3)77-75-49-32-36-52(37-33-49)81(51-22-10-9-11-23-51)53-38-34-50(35-39-53)76-78-69-65-48(31-41-57-55-25-15-17-27-61(55)74-68(57)65)43-59(70(69)84-6)72(83)80(5)63-29-19-13-21-46(63)8-2/h9-43,73-74H,7-8H2,1-6H3. The molecule has 0 aliphatic heterocycles. The molecular weight excluding hydrogens is 1040 g/mol. The van der Waals surface area contributed by atoms with Crippen molar-refractivity contribution in [2.24, 2.45) is 20.5 Å². The molecule has 13 rings (SSSR count). The van der Waals surface area contributed by atoms with E-state index >= 15 is 0 Å². The number of fused-ring (bicyclic) bond motifs is 10. The highest BCUT2D eigenvalue weighted by Crippen LogP contribution is 2.47. The van der Waals surface area contributed by atoms with Crippen LogP contribution in [0.2, 0.25) is 0 Å². The zero-order valence-corrected chi connectivity index (χ0v) is 47.5. The van der Waals surface area contributed by atoms with E-state index in [9.17, 15) is 9.59 Å². The number of rotatable bonds is 14. The van der Waals surface area contributed by atoms with Crippen molar-refractivity contribution in [3.8, 4) is 5.75 Å². The average molecular weight is 1100 g/mol. The number of para-hydroxylation sites is 5. The third-order valence-corrected chi connectivity index (χ3v) is 16.2. The lowest BCUT2D eigenvalue weighted by molar-refractivity contribution is 0.0983. The van der Waals surface area contributed by atoms with Crippen LogP contribution >= 0.6 is 0 Å². The number of amides is 2. The first kappa shape index (κ1) is 52.6. The average Bonchev–Trinajstić information content (AvgIpc) is 2.95. The van der Waals surface area contributed by atoms with Gasteiger partial charge >= 0.3 is 0 Å². The largest absolute Gasteiger partial charge is 0.494 e. The van der Waals surface area contributed by atoms with E-state index in [0.717, 1.165) is 123 Å². The first-order valence-electron chi connectivity index (χ1n) is 28.2. The number of methoxy groups -OCH3 is 1. The normalized spacial score (nSPS) is 11.8. The molecule has 11 aromatic carbocycles. The second-order valence-corrected chi connectivity index (χ2v) is 21.0. The van der Waals surface area contributed by atoms with Crippen LogP contribution < -0.4 is 19.4 Å². The SMILES string of the molecule is CCc1ccccc1N(C)C(=O)c1cc2ccc3c4ccccc4[nH]c3c2c(N=Nc2ccc(N(c3ccccc3)c3ccc(N=Nc4c(OC)c(C(=O)N(C)c5ccccc5CC)cc5ccc6c7ccccc7[nH]c6c45)cc3)cc2)c1C. The van der Waals surface area contributed by atoms with Gasteiger partial charge in [-0.25, -0.2) is 0 Å². The summed E-state index contributed by atoms with van der Waals surface area (Å²) < 4.78 is 6.19. The van der Waals surface area contributed by atoms with Gasteiger partial charge in [0.15, 0.2) is 5.75 Å². The minimum atomic E-state index is -0.226. The van der Waals surface area contributed by atoms with Gasteiger partial charge in [0.1, 0.15) is 5.69 Å². The Labute approximate surface area is 486 Å². The number of hydrogen-bond acceptors (Lipinski definition) is 8. The number of nitrogens with zero attached hydrogens (tertiary/aromatic N) is 7. The van der Waals surface area contributed by atoms with Gasteiger partial charge in [0.05, 0.1) is 40.8 Å². The fourth-order valence-electron chi connectivity index (χ4n) is 11.9. The van der Waals surface area contributed by atoms with E-state index in [1.54, 1.807) is 24.0 Å². The van der Waals surface area contributed by atoms with E-state index in [1.807, 2.05) is 166 Å². The van der Waals surface area contributed by atoms with Crippen LogP contribution in [0.25, 0.3) is 65.2 Å². The van der Waals surface area contributed by atoms with Crippen molar-refractivity contribution in [2.45, 2.75) is 33.6 Å². The van der Waals surface area contributed by atoms with E-state index < -0.39 is 0 Å². The van der Waals surface area contributed by atoms with Crippen molar-refractivity contribution in [2.75, 3.05) is 35.9 Å². The summed E-state index contributed by atoms with van der Waals surface area (Å²) in [5, 5.41) is 27.5. The van der Waals surface area contributed by atoms with Crippen molar-refractivity contribution in [3.63, 3.8) is 0 Å². The molecule has 0 aliphatic carbocycles. The molecule has 0 radical (unpaired) electrons. The molecule has 0 atom stereocenters. The molecule has 0 fully saturated rings. The third-order valence-electron chi connectivity index (χ3n) is 16.2. The summed E-state index contributed by atoms with van der Waals surface area (Å²) in [6, 6.07) is 70.7. The number of benzene rings is 11. The summed E-state index contributed by atoms with van der Waals surface area (Å²) >= 11 is 0. The van der Waals surface area contributed by atoms with Crippen LogP contribution in [0.1, 0.15) is 51.3 Å². The Morgan fingerprint density at radius 3 is 1.39 bits per heavy atom. The maximum absolute atomic E-state index is 14.7. The number of hydrogen-bond donors (Lipinski definition) is 2. The van der Waals surface area contributed by atoms with Gasteiger partial charge < -0.3 is 29.4 Å². The number of azo groups is 2. The van der Waals surface area contributed by atoms with Crippen molar-refractivity contribution >= 4 is 128 Å². The molecule has 13 aromatic rings. The number of aromatic nitrogens is 2. The second kappa shape index (κ2) is 22.0. The molecule has 84 heavy (non-hydrogen) atoms. The van der Waals surface area contributed by atoms with E-state index in [1.165, 1.54) is 0 Å². The second-order valence-electron chi connectivity index (χ2n) is 21.0. The van der Waals surface area contributed by atoms with Gasteiger partial charge in [0, 0.05) is 91.4 Å². The number of nitrogens with one attached hydrogen (secondary N) is 2. The van der Waals surface area contributed by atoms with E-state index in [4.69, 9.17) is 25.2 Å². The third kappa shape index (κ3) is 9.23. The summed E-state index contributed by atoms with van der Waals surface area (Å²) in [6.07, 6.45) is 1.57. The van der Waals surface area contributed by atoms with Gasteiger partial charge in [-0.15, -0.1) is 10.2 Å². The highest BCUT2D eigenvalue weighted by molar-refractivity contribution is 6.24. The maximum Gasteiger partial charge on any atom is 0.261 e. The fourth-order valence-corrected chi connectivity index (χ4v) is 11.9. The Morgan fingerprint density at radius 1 is 0.452 bits per heavy atom. The lowest BCUT2D eigenvalue weighted by Gasteiger charge is -2.25. The van der Waals surface area contributed by atoms with Crippen molar-refractivity contribution in [3.05, 3.63) is 240 Å². The Bertz CT molecular complexity index is 4770. The lowest BCUT2D eigenvalue weighted by Crippen LogP contribution is -2.27. The molecule has 2 amide bonds. The number of anilines is 5. The van der Waals surface area contributed by atoms with Gasteiger partial charge in [0.25, 0.3) is 11.8 Å². The summed E-state index contributed by atoms with van der Waals surface area (Å²) in [5.41, 5.74) is 14.4. The van der Waals surface area contributed by atoms with Crippen LogP contribution in [0.3, 0.4) is 0 Å². The Balaban J connectivity index is 0.856. The number of H-pyrrole nitrogens is 2. The zero-order valence-electron chi connectivity index (χ0n) is 47.5. The summed E-state index contributed by atoms with van der Waals surface area (Å²) in [4.78, 5) is 42.2. The number of aryl methyl sites for hydroxylation is 2. The fraction of sp³-hybridized carbons (Fsp3) is 0.111. The van der Waals surface area contributed by atoms with Gasteiger partial charge in [-0.3, -0.25) is 9.59 Å². The quantitative estimate of drug-likeness (QED) is 0.105. The van der Waals surface area contributed by atoms with Crippen molar-refractivity contribution in [1.29, 1.82) is 0 Å². The molecule has 0 saturated heterocycles. The molecule has 2 heterocycles. The minimum absolute atomic E-state index is 0.123. The lowest BCUT2D eigenvalue weighted by atomic mass is 9.96. The monoisotopic (exact) mass is 1100 g/mol. The molecule has 0 unspecified atom stereocenters. The van der Waals surface area contributed by atoms with E-state index in [2.05, 4.69) is 89.4 Å². The number of carbonyl (C=O) groups is 2. The van der Waals surface area contributed by atoms with Crippen LogP contribution in [-0.2, 0) is 12.8 Å². The highest BCUT2D eigenvalue weighted by atomic mass is 16.5. The molecular formula is C72H59N9O3. The molecule has 0 saturated carbocycles. The van der Waals surface area contributed by atoms with Crippen molar-refractivity contribution in [1.82, 2.24) is 9.97 Å². The highest BCUT2D eigenvalue weighted by Gasteiger charge is 2.27. The summed E-state index contributed by atoms with van der Waals surface area (Å²) in [7, 11) is 5.21. The topological polar surface area (TPSA) is 134 Å². The molecule has 0 bridgehead atoms. The van der Waals surface area contributed by atoms with Gasteiger partial charge in [0.2, 0.25) is 0 Å². The minimum Gasteiger partial charge on any atom is -0.494 e. The number of aromatic amines is 2. The van der Waals surface area contributed by atoms with Crippen LogP contribution in [0.15, 0.2) is 233 Å². The first-order valence-corrected chi connectivity index (χ1v) is 28.2. The predicted octanol–water partition coefficient (Wildman–Crippen LogP) is 19.6. The predicted molar refractivity (Wildman–Crippen MR) is 344 cm³/mol. The van der Waals surface area contributed by atoms with Crippen LogP contribution in [-0.4, -0.2) is 43.0 Å². The maximum atomic E-state index is 14.7. The summed E-state index contributed by atoms with van der Waals surface area (Å²) in [6.45, 7) is 6.15. The Morgan fingerprint density at radius 2 is 0.881 bits per heavy atom. The van der Waals surface area contributed by atoms with Crippen LogP contribution in [0, 0.1) is 6.92 Å². The molecule has 0 spiro atoms. The smallest absolute Gasteiger partial charge is 0.261 e. The molecule has 2 aromatic heterocycles. The van der Waals surface area contributed by atoms with E-state index in [-0.39, 0.29) is 11.8 Å². The Hall–Kier alpha value is -10.7. The molecule has 12 heteroatoms. The first-order chi connectivity index (χ1) is 41.1. The van der Waals surface area contributed by atoms with Gasteiger partial charge in [-0.05, 0) is 144 Å². The number of carbonyl (C=O) groups excluding carboxylic acids is 2. The van der Waals surface area contributed by atoms with Gasteiger partial charge in [-0.1, -0.05) is 129 Å². The number of ether oxygens (including phenoxy) is 1. The van der Waals surface area contributed by atoms with Gasteiger partial charge in [-0.2, -0.15) is 10.2 Å². The zero-order chi connectivity index (χ0) is 57.6. The Kier molecular flexibility index (Phi) is 13.8. The van der Waals surface area contributed by atoms with Crippen LogP contribution in [0.4, 0.5) is 51.2 Å². The molecule has 410 valence electrons. The summed E-state index contributed by atoms with van der Waals surface area (Å²) in [5.74, 6) is -0.0211. The molecule has 0 aliphatic rings. The van der Waals surface area contributed by atoms with Crippen molar-refractivity contribution < 1.29 is 14.3 Å². The molecule has 12 nitrogen and oxygen atoms in total. The van der Waals surface area contributed by atoms with E-state index in [0.29, 0.717) is 39.6 Å².